The Kier molecular flexibility index (Phi) is 10.4. The first-order valence-corrected chi connectivity index (χ1v) is 6.94. The lowest BCUT2D eigenvalue weighted by atomic mass is 10.2. The summed E-state index contributed by atoms with van der Waals surface area (Å²) in [6.45, 7) is 9.34. The van der Waals surface area contributed by atoms with Gasteiger partial charge < -0.3 is 20.1 Å². The molecule has 0 aliphatic carbocycles. The maximum Gasteiger partial charge on any atom is 0.317 e. The molecule has 0 bridgehead atoms. The third-order valence-corrected chi connectivity index (χ3v) is 2.66. The minimum atomic E-state index is -0.843. The van der Waals surface area contributed by atoms with Gasteiger partial charge in [-0.05, 0) is 26.7 Å². The molecule has 0 atom stereocenters. The van der Waals surface area contributed by atoms with Crippen molar-refractivity contribution in [2.45, 2.75) is 39.2 Å². The van der Waals surface area contributed by atoms with Crippen LogP contribution in [0.1, 0.15) is 33.1 Å². The molecule has 0 aromatic carbocycles. The van der Waals surface area contributed by atoms with Crippen molar-refractivity contribution in [3.8, 4) is 0 Å². The van der Waals surface area contributed by atoms with Gasteiger partial charge in [0, 0.05) is 25.6 Å². The lowest BCUT2D eigenvalue weighted by Gasteiger charge is -2.26. The average Bonchev–Trinajstić information content (AvgIpc) is 2.37. The second-order valence-electron chi connectivity index (χ2n) is 4.71. The van der Waals surface area contributed by atoms with Crippen molar-refractivity contribution in [3.05, 3.63) is 12.7 Å². The third-order valence-electron chi connectivity index (χ3n) is 2.66. The minimum Gasteiger partial charge on any atom is -0.481 e. The summed E-state index contributed by atoms with van der Waals surface area (Å²) in [5.74, 6) is -0.843. The number of ether oxygens (including phenoxy) is 1. The summed E-state index contributed by atoms with van der Waals surface area (Å²) in [6.07, 6.45) is 3.10. The number of urea groups is 1. The number of carboxylic acid groups (broad SMARTS) is 1. The zero-order chi connectivity index (χ0) is 15.4. The highest BCUT2D eigenvalue weighted by Crippen LogP contribution is 2.02. The zero-order valence-corrected chi connectivity index (χ0v) is 12.4. The summed E-state index contributed by atoms with van der Waals surface area (Å²) < 4.78 is 5.30. The van der Waals surface area contributed by atoms with Gasteiger partial charge in [-0.1, -0.05) is 6.08 Å². The van der Waals surface area contributed by atoms with Crippen LogP contribution < -0.4 is 5.32 Å². The Hall–Kier alpha value is -1.56. The molecule has 0 aromatic rings. The fourth-order valence-electron chi connectivity index (χ4n) is 1.60. The van der Waals surface area contributed by atoms with Gasteiger partial charge in [0.05, 0.1) is 13.2 Å². The molecule has 0 fully saturated rings. The molecular weight excluding hydrogens is 260 g/mol. The molecule has 6 heteroatoms. The molecule has 0 radical (unpaired) electrons. The molecule has 0 rings (SSSR count). The molecule has 0 aliphatic rings. The molecule has 0 unspecified atom stereocenters. The number of carboxylic acids is 1. The van der Waals surface area contributed by atoms with Gasteiger partial charge >= 0.3 is 12.0 Å². The van der Waals surface area contributed by atoms with E-state index >= 15 is 0 Å². The Morgan fingerprint density at radius 2 is 2.10 bits per heavy atom. The Bertz CT molecular complexity index is 306. The van der Waals surface area contributed by atoms with E-state index in [1.165, 1.54) is 0 Å². The second-order valence-corrected chi connectivity index (χ2v) is 4.71. The molecule has 0 heterocycles. The fourth-order valence-corrected chi connectivity index (χ4v) is 1.60. The monoisotopic (exact) mass is 286 g/mol. The van der Waals surface area contributed by atoms with Gasteiger partial charge in [0.25, 0.3) is 0 Å². The lowest BCUT2D eigenvalue weighted by molar-refractivity contribution is -0.137. The normalized spacial score (nSPS) is 10.3. The highest BCUT2D eigenvalue weighted by Gasteiger charge is 2.16. The van der Waals surface area contributed by atoms with E-state index in [4.69, 9.17) is 9.84 Å². The third kappa shape index (κ3) is 9.38. The van der Waals surface area contributed by atoms with Crippen LogP contribution in [0.3, 0.4) is 0 Å². The Morgan fingerprint density at radius 1 is 1.40 bits per heavy atom. The number of rotatable bonds is 11. The topological polar surface area (TPSA) is 78.9 Å². The van der Waals surface area contributed by atoms with E-state index in [-0.39, 0.29) is 18.5 Å². The SMILES string of the molecule is C=CCCOCCNC(=O)N(CCCC(=O)O)C(C)C. The Morgan fingerprint density at radius 3 is 2.65 bits per heavy atom. The van der Waals surface area contributed by atoms with E-state index in [1.54, 1.807) is 11.0 Å². The van der Waals surface area contributed by atoms with Gasteiger partial charge in [0.15, 0.2) is 0 Å². The second kappa shape index (κ2) is 11.3. The molecule has 20 heavy (non-hydrogen) atoms. The van der Waals surface area contributed by atoms with E-state index in [9.17, 15) is 9.59 Å². The quantitative estimate of drug-likeness (QED) is 0.449. The first kappa shape index (κ1) is 18.4. The molecule has 2 N–H and O–H groups in total. The van der Waals surface area contributed by atoms with Crippen LogP contribution >= 0.6 is 0 Å². The van der Waals surface area contributed by atoms with Gasteiger partial charge in [0.1, 0.15) is 0 Å². The maximum atomic E-state index is 11.9. The molecule has 0 saturated carbocycles. The number of nitrogens with one attached hydrogen (secondary N) is 1. The van der Waals surface area contributed by atoms with Crippen molar-refractivity contribution in [1.82, 2.24) is 10.2 Å². The molecule has 0 aliphatic heterocycles. The minimum absolute atomic E-state index is 0.0329. The number of amides is 2. The van der Waals surface area contributed by atoms with Crippen LogP contribution in [-0.2, 0) is 9.53 Å². The molecule has 6 nitrogen and oxygen atoms in total. The van der Waals surface area contributed by atoms with Crippen molar-refractivity contribution in [3.63, 3.8) is 0 Å². The molecular formula is C14H26N2O4. The highest BCUT2D eigenvalue weighted by molar-refractivity contribution is 5.74. The summed E-state index contributed by atoms with van der Waals surface area (Å²) in [5.41, 5.74) is 0. The first-order valence-electron chi connectivity index (χ1n) is 6.94. The standard InChI is InChI=1S/C14H26N2O4/c1-4-5-10-20-11-8-15-14(19)16(12(2)3)9-6-7-13(17)18/h4,12H,1,5-11H2,2-3H3,(H,15,19)(H,17,18). The fraction of sp³-hybridized carbons (Fsp3) is 0.714. The Balaban J connectivity index is 3.91. The van der Waals surface area contributed by atoms with Crippen molar-refractivity contribution in [1.29, 1.82) is 0 Å². The summed E-state index contributed by atoms with van der Waals surface area (Å²) in [6, 6.07) is -0.150. The van der Waals surface area contributed by atoms with E-state index in [2.05, 4.69) is 11.9 Å². The van der Waals surface area contributed by atoms with Gasteiger partial charge in [-0.15, -0.1) is 6.58 Å². The van der Waals surface area contributed by atoms with Crippen LogP contribution in [0.5, 0.6) is 0 Å². The van der Waals surface area contributed by atoms with Gasteiger partial charge in [-0.3, -0.25) is 4.79 Å². The van der Waals surface area contributed by atoms with E-state index in [0.717, 1.165) is 6.42 Å². The van der Waals surface area contributed by atoms with Gasteiger partial charge in [-0.2, -0.15) is 0 Å². The number of carbonyl (C=O) groups excluding carboxylic acids is 1. The van der Waals surface area contributed by atoms with Crippen molar-refractivity contribution in [2.75, 3.05) is 26.3 Å². The largest absolute Gasteiger partial charge is 0.481 e. The van der Waals surface area contributed by atoms with Crippen LogP contribution in [0.25, 0.3) is 0 Å². The van der Waals surface area contributed by atoms with Crippen molar-refractivity contribution >= 4 is 12.0 Å². The lowest BCUT2D eigenvalue weighted by Crippen LogP contribution is -2.45. The molecule has 2 amide bonds. The van der Waals surface area contributed by atoms with E-state index in [1.807, 2.05) is 13.8 Å². The summed E-state index contributed by atoms with van der Waals surface area (Å²) >= 11 is 0. The van der Waals surface area contributed by atoms with Crippen molar-refractivity contribution in [2.24, 2.45) is 0 Å². The zero-order valence-electron chi connectivity index (χ0n) is 12.4. The highest BCUT2D eigenvalue weighted by atomic mass is 16.5. The van der Waals surface area contributed by atoms with Crippen LogP contribution in [-0.4, -0.2) is 54.4 Å². The van der Waals surface area contributed by atoms with Crippen molar-refractivity contribution < 1.29 is 19.4 Å². The van der Waals surface area contributed by atoms with Crippen LogP contribution in [0.15, 0.2) is 12.7 Å². The summed E-state index contributed by atoms with van der Waals surface area (Å²) in [7, 11) is 0. The molecule has 0 spiro atoms. The number of carbonyl (C=O) groups is 2. The van der Waals surface area contributed by atoms with Crippen LogP contribution in [0.4, 0.5) is 4.79 Å². The summed E-state index contributed by atoms with van der Waals surface area (Å²) in [5, 5.41) is 11.4. The molecule has 0 saturated heterocycles. The predicted octanol–water partition coefficient (Wildman–Crippen LogP) is 1.86. The van der Waals surface area contributed by atoms with Gasteiger partial charge in [-0.25, -0.2) is 4.79 Å². The van der Waals surface area contributed by atoms with E-state index < -0.39 is 5.97 Å². The smallest absolute Gasteiger partial charge is 0.317 e. The number of hydrogen-bond acceptors (Lipinski definition) is 3. The average molecular weight is 286 g/mol. The molecule has 116 valence electrons. The van der Waals surface area contributed by atoms with Gasteiger partial charge in [0.2, 0.25) is 0 Å². The number of aliphatic carboxylic acids is 1. The summed E-state index contributed by atoms with van der Waals surface area (Å²) in [4.78, 5) is 24.1. The number of hydrogen-bond donors (Lipinski definition) is 2. The number of nitrogens with zero attached hydrogens (tertiary/aromatic N) is 1. The first-order chi connectivity index (χ1) is 9.49. The Labute approximate surface area is 120 Å². The van der Waals surface area contributed by atoms with Crippen LogP contribution in [0, 0.1) is 0 Å². The molecule has 0 aromatic heterocycles. The maximum absolute atomic E-state index is 11.9. The predicted molar refractivity (Wildman–Crippen MR) is 77.7 cm³/mol. The van der Waals surface area contributed by atoms with E-state index in [0.29, 0.717) is 32.7 Å². The van der Waals surface area contributed by atoms with Crippen LogP contribution in [0.2, 0.25) is 0 Å².